The van der Waals surface area contributed by atoms with Crippen LogP contribution in [0.15, 0.2) is 84.1 Å². The first-order chi connectivity index (χ1) is 15.5. The minimum Gasteiger partial charge on any atom is -0.337 e. The first-order valence-electron chi connectivity index (χ1n) is 10.0. The van der Waals surface area contributed by atoms with Crippen molar-refractivity contribution in [2.45, 2.75) is 13.5 Å². The van der Waals surface area contributed by atoms with Crippen molar-refractivity contribution < 1.29 is 9.59 Å². The van der Waals surface area contributed by atoms with Gasteiger partial charge in [0.25, 0.3) is 5.91 Å². The van der Waals surface area contributed by atoms with Crippen LogP contribution in [0.2, 0.25) is 5.02 Å². The Bertz CT molecular complexity index is 1310. The Labute approximate surface area is 190 Å². The molecule has 0 spiro atoms. The number of anilines is 1. The van der Waals surface area contributed by atoms with Crippen molar-refractivity contribution in [1.82, 2.24) is 9.99 Å². The molecule has 32 heavy (non-hydrogen) atoms. The van der Waals surface area contributed by atoms with E-state index in [4.69, 9.17) is 11.6 Å². The molecular weight excluding hydrogens is 424 g/mol. The third kappa shape index (κ3) is 5.04. The monoisotopic (exact) mass is 444 g/mol. The van der Waals surface area contributed by atoms with Gasteiger partial charge in [0.2, 0.25) is 5.91 Å². The number of aryl methyl sites for hydroxylation is 1. The summed E-state index contributed by atoms with van der Waals surface area (Å²) >= 11 is 5.85. The maximum absolute atomic E-state index is 12.6. The number of fused-ring (bicyclic) bond motifs is 1. The van der Waals surface area contributed by atoms with E-state index in [2.05, 4.69) is 15.8 Å². The van der Waals surface area contributed by atoms with Crippen LogP contribution in [0.3, 0.4) is 0 Å². The maximum atomic E-state index is 12.6. The topological polar surface area (TPSA) is 75.5 Å². The molecule has 160 valence electrons. The number of carbonyl (C=O) groups excluding carboxylic acids is 2. The van der Waals surface area contributed by atoms with Crippen LogP contribution < -0.4 is 10.7 Å². The lowest BCUT2D eigenvalue weighted by Crippen LogP contribution is -2.18. The SMILES string of the molecule is Cc1cccc(NC(=O)Cn2cc(/C=N\NC(=O)c3ccc(Cl)cc3)c3ccccc32)c1. The quantitative estimate of drug-likeness (QED) is 0.324. The molecule has 0 atom stereocenters. The highest BCUT2D eigenvalue weighted by Crippen LogP contribution is 2.20. The number of amides is 2. The van der Waals surface area contributed by atoms with E-state index in [0.717, 1.165) is 27.7 Å². The number of hydrogen-bond donors (Lipinski definition) is 2. The van der Waals surface area contributed by atoms with Crippen molar-refractivity contribution in [1.29, 1.82) is 0 Å². The fourth-order valence-electron chi connectivity index (χ4n) is 3.41. The molecule has 4 rings (SSSR count). The lowest BCUT2D eigenvalue weighted by atomic mass is 10.2. The Morgan fingerprint density at radius 3 is 2.59 bits per heavy atom. The van der Waals surface area contributed by atoms with Gasteiger partial charge in [-0.2, -0.15) is 5.10 Å². The van der Waals surface area contributed by atoms with Gasteiger partial charge < -0.3 is 9.88 Å². The van der Waals surface area contributed by atoms with Gasteiger partial charge in [0.05, 0.1) is 6.21 Å². The van der Waals surface area contributed by atoms with Gasteiger partial charge in [-0.3, -0.25) is 9.59 Å². The van der Waals surface area contributed by atoms with Crippen molar-refractivity contribution in [3.8, 4) is 0 Å². The fourth-order valence-corrected chi connectivity index (χ4v) is 3.54. The minimum atomic E-state index is -0.334. The zero-order valence-corrected chi connectivity index (χ0v) is 18.1. The number of halogens is 1. The Balaban J connectivity index is 1.49. The lowest BCUT2D eigenvalue weighted by molar-refractivity contribution is -0.116. The van der Waals surface area contributed by atoms with Crippen LogP contribution in [-0.2, 0) is 11.3 Å². The van der Waals surface area contributed by atoms with E-state index in [1.807, 2.05) is 66.2 Å². The molecule has 6 nitrogen and oxygen atoms in total. The van der Waals surface area contributed by atoms with E-state index >= 15 is 0 Å². The Morgan fingerprint density at radius 1 is 1.03 bits per heavy atom. The summed E-state index contributed by atoms with van der Waals surface area (Å²) in [6.45, 7) is 2.13. The number of nitrogens with one attached hydrogen (secondary N) is 2. The first kappa shape index (κ1) is 21.3. The van der Waals surface area contributed by atoms with Crippen LogP contribution in [0.5, 0.6) is 0 Å². The molecule has 0 saturated heterocycles. The average Bonchev–Trinajstić information content (AvgIpc) is 3.11. The summed E-state index contributed by atoms with van der Waals surface area (Å²) in [5, 5.41) is 8.50. The first-order valence-corrected chi connectivity index (χ1v) is 10.4. The molecule has 1 aromatic heterocycles. The van der Waals surface area contributed by atoms with Gasteiger partial charge >= 0.3 is 0 Å². The van der Waals surface area contributed by atoms with Crippen molar-refractivity contribution in [2.24, 2.45) is 5.10 Å². The maximum Gasteiger partial charge on any atom is 0.271 e. The number of benzene rings is 3. The van der Waals surface area contributed by atoms with E-state index in [1.54, 1.807) is 30.5 Å². The fraction of sp³-hybridized carbons (Fsp3) is 0.0800. The molecule has 2 N–H and O–H groups in total. The second-order valence-electron chi connectivity index (χ2n) is 7.35. The van der Waals surface area contributed by atoms with Gasteiger partial charge in [-0.1, -0.05) is 41.9 Å². The Morgan fingerprint density at radius 2 is 1.81 bits per heavy atom. The van der Waals surface area contributed by atoms with Crippen LogP contribution in [0.4, 0.5) is 5.69 Å². The Hall–Kier alpha value is -3.90. The highest BCUT2D eigenvalue weighted by molar-refractivity contribution is 6.30. The third-order valence-electron chi connectivity index (χ3n) is 4.91. The molecule has 0 aliphatic rings. The van der Waals surface area contributed by atoms with Gasteiger partial charge in [-0.25, -0.2) is 5.43 Å². The van der Waals surface area contributed by atoms with Gasteiger partial charge in [0.1, 0.15) is 6.54 Å². The van der Waals surface area contributed by atoms with Gasteiger partial charge in [-0.05, 0) is 55.0 Å². The van der Waals surface area contributed by atoms with Crippen molar-refractivity contribution >= 4 is 46.2 Å². The van der Waals surface area contributed by atoms with Gasteiger partial charge in [0, 0.05) is 38.9 Å². The second-order valence-corrected chi connectivity index (χ2v) is 7.79. The highest BCUT2D eigenvalue weighted by Gasteiger charge is 2.11. The third-order valence-corrected chi connectivity index (χ3v) is 5.16. The second kappa shape index (κ2) is 9.49. The van der Waals surface area contributed by atoms with Gasteiger partial charge in [-0.15, -0.1) is 0 Å². The van der Waals surface area contributed by atoms with Crippen LogP contribution in [0.25, 0.3) is 10.9 Å². The standard InChI is InChI=1S/C25H21ClN4O2/c1-17-5-4-6-21(13-17)28-24(31)16-30-15-19(22-7-2-3-8-23(22)30)14-27-29-25(32)18-9-11-20(26)12-10-18/h2-15H,16H2,1H3,(H,28,31)(H,29,32)/b27-14-. The van der Waals surface area contributed by atoms with E-state index in [9.17, 15) is 9.59 Å². The number of rotatable bonds is 6. The van der Waals surface area contributed by atoms with E-state index in [0.29, 0.717) is 10.6 Å². The van der Waals surface area contributed by atoms with Crippen molar-refractivity contribution in [3.63, 3.8) is 0 Å². The molecule has 2 amide bonds. The number of carbonyl (C=O) groups is 2. The van der Waals surface area contributed by atoms with Crippen LogP contribution in [-0.4, -0.2) is 22.6 Å². The molecule has 0 unspecified atom stereocenters. The van der Waals surface area contributed by atoms with Gasteiger partial charge in [0.15, 0.2) is 0 Å². The molecule has 0 saturated carbocycles. The zero-order chi connectivity index (χ0) is 22.5. The summed E-state index contributed by atoms with van der Waals surface area (Å²) in [6.07, 6.45) is 3.42. The predicted octanol–water partition coefficient (Wildman–Crippen LogP) is 5.01. The van der Waals surface area contributed by atoms with Crippen LogP contribution in [0.1, 0.15) is 21.5 Å². The zero-order valence-electron chi connectivity index (χ0n) is 17.4. The number of para-hydroxylation sites is 1. The molecule has 1 heterocycles. The summed E-state index contributed by atoms with van der Waals surface area (Å²) < 4.78 is 1.86. The number of hydrogen-bond acceptors (Lipinski definition) is 3. The summed E-state index contributed by atoms with van der Waals surface area (Å²) in [5.74, 6) is -0.463. The molecule has 0 fully saturated rings. The smallest absolute Gasteiger partial charge is 0.271 e. The molecule has 3 aromatic carbocycles. The lowest BCUT2D eigenvalue weighted by Gasteiger charge is -2.08. The predicted molar refractivity (Wildman–Crippen MR) is 128 cm³/mol. The van der Waals surface area contributed by atoms with E-state index < -0.39 is 0 Å². The molecular formula is C25H21ClN4O2. The minimum absolute atomic E-state index is 0.129. The molecule has 4 aromatic rings. The number of hydrazone groups is 1. The summed E-state index contributed by atoms with van der Waals surface area (Å²) in [6, 6.07) is 22.0. The number of nitrogens with zero attached hydrogens (tertiary/aromatic N) is 2. The highest BCUT2D eigenvalue weighted by atomic mass is 35.5. The van der Waals surface area contributed by atoms with E-state index in [1.165, 1.54) is 0 Å². The summed E-state index contributed by atoms with van der Waals surface area (Å²) in [7, 11) is 0. The Kier molecular flexibility index (Phi) is 6.33. The molecule has 7 heteroatoms. The van der Waals surface area contributed by atoms with E-state index in [-0.39, 0.29) is 18.4 Å². The summed E-state index contributed by atoms with van der Waals surface area (Å²) in [5.41, 5.74) is 6.51. The molecule has 0 bridgehead atoms. The van der Waals surface area contributed by atoms with Crippen LogP contribution in [0, 0.1) is 6.92 Å². The average molecular weight is 445 g/mol. The molecule has 0 aliphatic heterocycles. The number of aromatic nitrogens is 1. The van der Waals surface area contributed by atoms with Crippen molar-refractivity contribution in [2.75, 3.05) is 5.32 Å². The van der Waals surface area contributed by atoms with Crippen LogP contribution >= 0.6 is 11.6 Å². The largest absolute Gasteiger partial charge is 0.337 e. The normalized spacial score (nSPS) is 11.1. The molecule has 0 radical (unpaired) electrons. The summed E-state index contributed by atoms with van der Waals surface area (Å²) in [4.78, 5) is 24.8. The van der Waals surface area contributed by atoms with Crippen molar-refractivity contribution in [3.05, 3.63) is 101 Å². The molecule has 0 aliphatic carbocycles.